The molecule has 1 aliphatic rings. The SMILES string of the molecule is Cl.N#Cc1ccc2[nH]cc(CCCCN3CCN(c4ccc5oc(C(=O)NCc6ccncc6)cc5c4)CC3)c2c1. The summed E-state index contributed by atoms with van der Waals surface area (Å²) in [6, 6.07) is 19.8. The smallest absolute Gasteiger partial charge is 0.287 e. The van der Waals surface area contributed by atoms with E-state index in [9.17, 15) is 10.1 Å². The predicted octanol–water partition coefficient (Wildman–Crippen LogP) is 5.68. The van der Waals surface area contributed by atoms with E-state index >= 15 is 0 Å². The molecule has 1 fully saturated rings. The molecule has 0 radical (unpaired) electrons. The van der Waals surface area contributed by atoms with E-state index in [0.717, 1.165) is 79.7 Å². The van der Waals surface area contributed by atoms with Crippen molar-refractivity contribution >= 4 is 45.9 Å². The Bertz CT molecular complexity index is 1660. The molecule has 1 amide bonds. The summed E-state index contributed by atoms with van der Waals surface area (Å²) >= 11 is 0. The van der Waals surface area contributed by atoms with Gasteiger partial charge >= 0.3 is 0 Å². The van der Waals surface area contributed by atoms with Gasteiger partial charge in [-0.3, -0.25) is 14.7 Å². The fourth-order valence-corrected chi connectivity index (χ4v) is 5.44. The third-order valence-corrected chi connectivity index (χ3v) is 7.73. The number of furan rings is 1. The molecule has 0 spiro atoms. The molecule has 5 aromatic rings. The molecule has 2 aromatic carbocycles. The molecule has 8 nitrogen and oxygen atoms in total. The van der Waals surface area contributed by atoms with Gasteiger partial charge in [0.2, 0.25) is 0 Å². The maximum absolute atomic E-state index is 12.6. The molecule has 41 heavy (non-hydrogen) atoms. The van der Waals surface area contributed by atoms with Crippen molar-refractivity contribution in [2.24, 2.45) is 0 Å². The van der Waals surface area contributed by atoms with Crippen LogP contribution in [0.4, 0.5) is 5.69 Å². The minimum Gasteiger partial charge on any atom is -0.451 e. The fraction of sp³-hybridized carbons (Fsp3) is 0.281. The summed E-state index contributed by atoms with van der Waals surface area (Å²) in [5, 5.41) is 14.2. The predicted molar refractivity (Wildman–Crippen MR) is 163 cm³/mol. The van der Waals surface area contributed by atoms with E-state index in [1.807, 2.05) is 42.5 Å². The quantitative estimate of drug-likeness (QED) is 0.222. The third kappa shape index (κ3) is 6.54. The molecule has 6 rings (SSSR count). The first-order chi connectivity index (χ1) is 19.7. The lowest BCUT2D eigenvalue weighted by Gasteiger charge is -2.36. The van der Waals surface area contributed by atoms with Crippen molar-refractivity contribution in [3.8, 4) is 6.07 Å². The van der Waals surface area contributed by atoms with E-state index < -0.39 is 0 Å². The van der Waals surface area contributed by atoms with Crippen LogP contribution in [0.5, 0.6) is 0 Å². The summed E-state index contributed by atoms with van der Waals surface area (Å²) in [5.41, 5.74) is 5.97. The molecule has 0 bridgehead atoms. The van der Waals surface area contributed by atoms with E-state index in [4.69, 9.17) is 4.42 Å². The first kappa shape index (κ1) is 28.2. The second-order valence-corrected chi connectivity index (χ2v) is 10.3. The normalized spacial score (nSPS) is 13.7. The molecule has 9 heteroatoms. The van der Waals surface area contributed by atoms with Gasteiger partial charge in [-0.15, -0.1) is 12.4 Å². The second-order valence-electron chi connectivity index (χ2n) is 10.3. The Kier molecular flexibility index (Phi) is 8.88. The maximum atomic E-state index is 12.6. The molecule has 1 saturated heterocycles. The van der Waals surface area contributed by atoms with Crippen LogP contribution in [0.3, 0.4) is 0 Å². The van der Waals surface area contributed by atoms with Crippen LogP contribution in [0, 0.1) is 11.3 Å². The first-order valence-electron chi connectivity index (χ1n) is 13.8. The fourth-order valence-electron chi connectivity index (χ4n) is 5.44. The number of anilines is 1. The van der Waals surface area contributed by atoms with Gasteiger partial charge in [-0.1, -0.05) is 0 Å². The van der Waals surface area contributed by atoms with Crippen LogP contribution >= 0.6 is 12.4 Å². The van der Waals surface area contributed by atoms with Crippen molar-refractivity contribution in [1.82, 2.24) is 20.2 Å². The Balaban J connectivity index is 0.00000337. The Morgan fingerprint density at radius 3 is 2.66 bits per heavy atom. The van der Waals surface area contributed by atoms with E-state index in [1.54, 1.807) is 12.4 Å². The number of carbonyl (C=O) groups is 1. The zero-order valence-electron chi connectivity index (χ0n) is 22.8. The third-order valence-electron chi connectivity index (χ3n) is 7.73. The average Bonchev–Trinajstić information content (AvgIpc) is 3.62. The highest BCUT2D eigenvalue weighted by Gasteiger charge is 2.19. The van der Waals surface area contributed by atoms with Crippen LogP contribution in [0.25, 0.3) is 21.9 Å². The number of piperazine rings is 1. The molecular weight excluding hydrogens is 536 g/mol. The number of carbonyl (C=O) groups excluding carboxylic acids is 1. The lowest BCUT2D eigenvalue weighted by Crippen LogP contribution is -2.46. The van der Waals surface area contributed by atoms with Crippen LogP contribution < -0.4 is 10.2 Å². The summed E-state index contributed by atoms with van der Waals surface area (Å²) in [7, 11) is 0. The van der Waals surface area contributed by atoms with Gasteiger partial charge in [0, 0.05) is 73.3 Å². The highest BCUT2D eigenvalue weighted by Crippen LogP contribution is 2.26. The number of rotatable bonds is 9. The number of halogens is 1. The molecule has 210 valence electrons. The number of benzene rings is 2. The molecule has 0 atom stereocenters. The molecule has 0 saturated carbocycles. The van der Waals surface area contributed by atoms with Crippen LogP contribution in [-0.2, 0) is 13.0 Å². The number of nitrogens with one attached hydrogen (secondary N) is 2. The molecular formula is C32H33ClN6O2. The molecule has 2 N–H and O–H groups in total. The largest absolute Gasteiger partial charge is 0.451 e. The highest BCUT2D eigenvalue weighted by molar-refractivity contribution is 5.96. The molecule has 0 unspecified atom stereocenters. The number of aryl methyl sites for hydroxylation is 1. The second kappa shape index (κ2) is 12.9. The Morgan fingerprint density at radius 2 is 1.85 bits per heavy atom. The number of amides is 1. The van der Waals surface area contributed by atoms with Crippen LogP contribution in [-0.4, -0.2) is 53.5 Å². The van der Waals surface area contributed by atoms with E-state index in [-0.39, 0.29) is 18.3 Å². The summed E-state index contributed by atoms with van der Waals surface area (Å²) in [4.78, 5) is 24.9. The zero-order valence-corrected chi connectivity index (χ0v) is 23.6. The van der Waals surface area contributed by atoms with Gasteiger partial charge in [0.15, 0.2) is 5.76 Å². The van der Waals surface area contributed by atoms with Crippen molar-refractivity contribution < 1.29 is 9.21 Å². The van der Waals surface area contributed by atoms with Gasteiger partial charge in [0.1, 0.15) is 5.58 Å². The van der Waals surface area contributed by atoms with Crippen molar-refractivity contribution in [2.45, 2.75) is 25.8 Å². The van der Waals surface area contributed by atoms with Gasteiger partial charge in [-0.05, 0) is 91.5 Å². The van der Waals surface area contributed by atoms with Crippen LogP contribution in [0.2, 0.25) is 0 Å². The van der Waals surface area contributed by atoms with Crippen LogP contribution in [0.1, 0.15) is 40.1 Å². The molecule has 0 aliphatic carbocycles. The topological polar surface area (TPSA) is 101 Å². The maximum Gasteiger partial charge on any atom is 0.287 e. The summed E-state index contributed by atoms with van der Waals surface area (Å²) in [6.07, 6.45) is 8.80. The molecule has 4 heterocycles. The lowest BCUT2D eigenvalue weighted by atomic mass is 10.1. The van der Waals surface area contributed by atoms with Crippen molar-refractivity contribution in [3.63, 3.8) is 0 Å². The number of pyridine rings is 1. The number of aromatic nitrogens is 2. The number of H-pyrrole nitrogens is 1. The Morgan fingerprint density at radius 1 is 1.02 bits per heavy atom. The number of aromatic amines is 1. The monoisotopic (exact) mass is 568 g/mol. The minimum atomic E-state index is -0.222. The number of nitrogens with zero attached hydrogens (tertiary/aromatic N) is 4. The van der Waals surface area contributed by atoms with E-state index in [2.05, 4.69) is 49.5 Å². The van der Waals surface area contributed by atoms with Crippen molar-refractivity contribution in [3.05, 3.63) is 95.6 Å². The summed E-state index contributed by atoms with van der Waals surface area (Å²) in [5.74, 6) is 0.101. The molecule has 1 aliphatic heterocycles. The lowest BCUT2D eigenvalue weighted by molar-refractivity contribution is 0.0925. The Labute approximate surface area is 245 Å². The Hall–Kier alpha value is -4.32. The summed E-state index contributed by atoms with van der Waals surface area (Å²) < 4.78 is 5.83. The van der Waals surface area contributed by atoms with E-state index in [1.165, 1.54) is 10.9 Å². The first-order valence-corrected chi connectivity index (χ1v) is 13.8. The minimum absolute atomic E-state index is 0. The van der Waals surface area contributed by atoms with Gasteiger partial charge in [-0.25, -0.2) is 0 Å². The number of unbranched alkanes of at least 4 members (excludes halogenated alkanes) is 1. The molecule has 3 aromatic heterocycles. The van der Waals surface area contributed by atoms with Gasteiger partial charge in [-0.2, -0.15) is 5.26 Å². The average molecular weight is 569 g/mol. The van der Waals surface area contributed by atoms with Gasteiger partial charge in [0.05, 0.1) is 11.6 Å². The number of fused-ring (bicyclic) bond motifs is 2. The summed E-state index contributed by atoms with van der Waals surface area (Å²) in [6.45, 7) is 5.54. The number of hydrogen-bond acceptors (Lipinski definition) is 6. The van der Waals surface area contributed by atoms with Crippen molar-refractivity contribution in [2.75, 3.05) is 37.6 Å². The zero-order chi connectivity index (χ0) is 27.3. The number of hydrogen-bond donors (Lipinski definition) is 2. The van der Waals surface area contributed by atoms with Crippen molar-refractivity contribution in [1.29, 1.82) is 5.26 Å². The highest BCUT2D eigenvalue weighted by atomic mass is 35.5. The standard InChI is InChI=1S/C32H32N6O2.ClH/c33-20-24-4-6-29-28(17-24)25(22-35-29)3-1-2-12-37-13-15-38(16-14-37)27-5-7-30-26(18-27)19-31(40-30)32(39)36-21-23-8-10-34-11-9-23;/h4-11,17-19,22,35H,1-3,12-16,21H2,(H,36,39);1H. The van der Waals surface area contributed by atoms with E-state index in [0.29, 0.717) is 17.9 Å². The van der Waals surface area contributed by atoms with Gasteiger partial charge < -0.3 is 19.6 Å². The van der Waals surface area contributed by atoms with Crippen LogP contribution in [0.15, 0.2) is 77.6 Å². The van der Waals surface area contributed by atoms with Gasteiger partial charge in [0.25, 0.3) is 5.91 Å². The number of nitriles is 1.